The van der Waals surface area contributed by atoms with E-state index < -0.39 is 8.80 Å². The number of hydrogen-bond donors (Lipinski definition) is 1. The Hall–Kier alpha value is -0.923. The van der Waals surface area contributed by atoms with E-state index in [1.807, 2.05) is 20.8 Å². The van der Waals surface area contributed by atoms with E-state index in [0.717, 1.165) is 6.42 Å². The van der Waals surface area contributed by atoms with Gasteiger partial charge >= 0.3 is 8.80 Å². The number of carbonyl (C=O) groups is 1. The standard InChI is InChI=1S/C16H26ClNO4Si/c1-4-20-23(21-5-2,22-6-3)13-7-12-18-16(19)14-8-10-15(17)11-9-14/h8-11H,4-7,12-13H2,1-3H3,(H,18,19). The molecule has 0 saturated carbocycles. The third-order valence-corrected chi connectivity index (χ3v) is 6.55. The molecule has 1 aromatic rings. The van der Waals surface area contributed by atoms with Gasteiger partial charge in [-0.3, -0.25) is 4.79 Å². The lowest BCUT2D eigenvalue weighted by molar-refractivity contribution is 0.0705. The van der Waals surface area contributed by atoms with Gasteiger partial charge in [-0.1, -0.05) is 11.6 Å². The molecule has 0 radical (unpaired) electrons. The zero-order chi connectivity index (χ0) is 17.1. The Labute approximate surface area is 144 Å². The van der Waals surface area contributed by atoms with Crippen LogP contribution in [0.4, 0.5) is 0 Å². The molecular weight excluding hydrogens is 334 g/mol. The lowest BCUT2D eigenvalue weighted by Gasteiger charge is -2.28. The van der Waals surface area contributed by atoms with Gasteiger partial charge in [0.1, 0.15) is 0 Å². The van der Waals surface area contributed by atoms with Crippen LogP contribution in [0.3, 0.4) is 0 Å². The fourth-order valence-electron chi connectivity index (χ4n) is 2.21. The van der Waals surface area contributed by atoms with Gasteiger partial charge in [-0.2, -0.15) is 0 Å². The number of nitrogens with one attached hydrogen (secondary N) is 1. The van der Waals surface area contributed by atoms with Gasteiger partial charge in [-0.05, 0) is 51.5 Å². The molecule has 1 aromatic carbocycles. The van der Waals surface area contributed by atoms with Crippen LogP contribution in [-0.4, -0.2) is 41.1 Å². The summed E-state index contributed by atoms with van der Waals surface area (Å²) in [6, 6.07) is 7.50. The van der Waals surface area contributed by atoms with Gasteiger partial charge < -0.3 is 18.6 Å². The molecule has 0 aliphatic carbocycles. The summed E-state index contributed by atoms with van der Waals surface area (Å²) in [6.45, 7) is 8.02. The molecule has 1 amide bonds. The summed E-state index contributed by atoms with van der Waals surface area (Å²) < 4.78 is 17.3. The van der Waals surface area contributed by atoms with Gasteiger partial charge in [0.15, 0.2) is 0 Å². The van der Waals surface area contributed by atoms with E-state index >= 15 is 0 Å². The third-order valence-electron chi connectivity index (χ3n) is 3.14. The van der Waals surface area contributed by atoms with E-state index in [1.165, 1.54) is 0 Å². The van der Waals surface area contributed by atoms with E-state index in [4.69, 9.17) is 24.9 Å². The molecular formula is C16H26ClNO4Si. The molecule has 23 heavy (non-hydrogen) atoms. The van der Waals surface area contributed by atoms with E-state index in [9.17, 15) is 4.79 Å². The molecule has 130 valence electrons. The lowest BCUT2D eigenvalue weighted by Crippen LogP contribution is -2.46. The lowest BCUT2D eigenvalue weighted by atomic mass is 10.2. The minimum Gasteiger partial charge on any atom is -0.374 e. The van der Waals surface area contributed by atoms with Crippen molar-refractivity contribution in [2.24, 2.45) is 0 Å². The van der Waals surface area contributed by atoms with Crippen molar-refractivity contribution in [3.05, 3.63) is 34.9 Å². The maximum absolute atomic E-state index is 12.0. The first-order chi connectivity index (χ1) is 11.1. The number of hydrogen-bond acceptors (Lipinski definition) is 4. The van der Waals surface area contributed by atoms with Crippen molar-refractivity contribution >= 4 is 26.3 Å². The summed E-state index contributed by atoms with van der Waals surface area (Å²) in [5.74, 6) is -0.113. The molecule has 1 rings (SSSR count). The van der Waals surface area contributed by atoms with Gasteiger partial charge in [-0.25, -0.2) is 0 Å². The minimum atomic E-state index is -2.62. The van der Waals surface area contributed by atoms with Crippen LogP contribution in [0.2, 0.25) is 11.1 Å². The van der Waals surface area contributed by atoms with Crippen LogP contribution < -0.4 is 5.32 Å². The number of benzene rings is 1. The second-order valence-corrected chi connectivity index (χ2v) is 8.02. The first kappa shape index (κ1) is 20.1. The van der Waals surface area contributed by atoms with Crippen LogP contribution in [-0.2, 0) is 13.3 Å². The Morgan fingerprint density at radius 1 is 1.04 bits per heavy atom. The molecule has 0 aromatic heterocycles. The van der Waals surface area contributed by atoms with Crippen molar-refractivity contribution in [3.8, 4) is 0 Å². The highest BCUT2D eigenvalue weighted by Gasteiger charge is 2.39. The van der Waals surface area contributed by atoms with E-state index in [0.29, 0.717) is 43.0 Å². The first-order valence-corrected chi connectivity index (χ1v) is 10.3. The highest BCUT2D eigenvalue weighted by atomic mass is 35.5. The number of halogens is 1. The Morgan fingerprint density at radius 2 is 1.57 bits per heavy atom. The van der Waals surface area contributed by atoms with Crippen LogP contribution >= 0.6 is 11.6 Å². The second-order valence-electron chi connectivity index (χ2n) is 4.85. The Balaban J connectivity index is 2.46. The zero-order valence-corrected chi connectivity index (χ0v) is 15.8. The predicted octanol–water partition coefficient (Wildman–Crippen LogP) is 3.51. The predicted molar refractivity (Wildman–Crippen MR) is 93.8 cm³/mol. The summed E-state index contributed by atoms with van der Waals surface area (Å²) >= 11 is 5.81. The van der Waals surface area contributed by atoms with Gasteiger partial charge in [-0.15, -0.1) is 0 Å². The van der Waals surface area contributed by atoms with Gasteiger partial charge in [0.2, 0.25) is 0 Å². The Bertz CT molecular complexity index is 453. The van der Waals surface area contributed by atoms with Crippen LogP contribution in [0, 0.1) is 0 Å². The quantitative estimate of drug-likeness (QED) is 0.485. The normalized spacial score (nSPS) is 11.5. The molecule has 0 unspecified atom stereocenters. The van der Waals surface area contributed by atoms with Crippen molar-refractivity contribution in [2.75, 3.05) is 26.4 Å². The average Bonchev–Trinajstić information content (AvgIpc) is 2.53. The minimum absolute atomic E-state index is 0.113. The zero-order valence-electron chi connectivity index (χ0n) is 14.1. The number of amides is 1. The fraction of sp³-hybridized carbons (Fsp3) is 0.562. The van der Waals surface area contributed by atoms with Crippen molar-refractivity contribution in [3.63, 3.8) is 0 Å². The molecule has 0 spiro atoms. The molecule has 5 nitrogen and oxygen atoms in total. The van der Waals surface area contributed by atoms with Gasteiger partial charge in [0, 0.05) is 43.0 Å². The summed E-state index contributed by atoms with van der Waals surface area (Å²) in [4.78, 5) is 12.0. The third kappa shape index (κ3) is 7.01. The summed E-state index contributed by atoms with van der Waals surface area (Å²) in [6.07, 6.45) is 0.742. The van der Waals surface area contributed by atoms with Gasteiger partial charge in [0.25, 0.3) is 5.91 Å². The molecule has 0 aliphatic heterocycles. The highest BCUT2D eigenvalue weighted by molar-refractivity contribution is 6.60. The summed E-state index contributed by atoms with van der Waals surface area (Å²) in [5, 5.41) is 3.50. The van der Waals surface area contributed by atoms with E-state index in [1.54, 1.807) is 24.3 Å². The molecule has 1 N–H and O–H groups in total. The fourth-order valence-corrected chi connectivity index (χ4v) is 4.95. The largest absolute Gasteiger partial charge is 0.500 e. The molecule has 0 atom stereocenters. The molecule has 7 heteroatoms. The van der Waals surface area contributed by atoms with E-state index in [-0.39, 0.29) is 5.91 Å². The Morgan fingerprint density at radius 3 is 2.04 bits per heavy atom. The molecule has 0 fully saturated rings. The molecule has 0 heterocycles. The van der Waals surface area contributed by atoms with Crippen LogP contribution in [0.5, 0.6) is 0 Å². The van der Waals surface area contributed by atoms with E-state index in [2.05, 4.69) is 5.32 Å². The topological polar surface area (TPSA) is 56.8 Å². The van der Waals surface area contributed by atoms with Crippen LogP contribution in [0.25, 0.3) is 0 Å². The molecule has 0 aliphatic rings. The van der Waals surface area contributed by atoms with Crippen molar-refractivity contribution in [1.82, 2.24) is 5.32 Å². The number of carbonyl (C=O) groups excluding carboxylic acids is 1. The molecule has 0 saturated heterocycles. The summed E-state index contributed by atoms with van der Waals surface area (Å²) in [7, 11) is -2.62. The maximum Gasteiger partial charge on any atom is 0.500 e. The summed E-state index contributed by atoms with van der Waals surface area (Å²) in [5.41, 5.74) is 0.595. The van der Waals surface area contributed by atoms with Crippen LogP contribution in [0.1, 0.15) is 37.6 Å². The van der Waals surface area contributed by atoms with Crippen molar-refractivity contribution in [1.29, 1.82) is 0 Å². The first-order valence-electron chi connectivity index (χ1n) is 8.02. The number of rotatable bonds is 11. The Kier molecular flexibility index (Phi) is 9.43. The van der Waals surface area contributed by atoms with Crippen molar-refractivity contribution < 1.29 is 18.1 Å². The SMILES string of the molecule is CCO[Si](CCCNC(=O)c1ccc(Cl)cc1)(OCC)OCC. The highest BCUT2D eigenvalue weighted by Crippen LogP contribution is 2.18. The average molecular weight is 360 g/mol. The second kappa shape index (κ2) is 10.8. The van der Waals surface area contributed by atoms with Gasteiger partial charge in [0.05, 0.1) is 0 Å². The monoisotopic (exact) mass is 359 g/mol. The smallest absolute Gasteiger partial charge is 0.374 e. The maximum atomic E-state index is 12.0. The molecule has 0 bridgehead atoms. The van der Waals surface area contributed by atoms with Crippen molar-refractivity contribution in [2.45, 2.75) is 33.2 Å². The van der Waals surface area contributed by atoms with Crippen LogP contribution in [0.15, 0.2) is 24.3 Å².